The number of halogens is 1. The van der Waals surface area contributed by atoms with Crippen molar-refractivity contribution < 1.29 is 0 Å². The summed E-state index contributed by atoms with van der Waals surface area (Å²) in [5.41, 5.74) is 0. The van der Waals surface area contributed by atoms with Crippen molar-refractivity contribution in [1.29, 1.82) is 0 Å². The third-order valence-corrected chi connectivity index (χ3v) is 2.53. The third-order valence-electron chi connectivity index (χ3n) is 2.18. The maximum Gasteiger partial charge on any atom is 0.128 e. The average molecular weight is 217 g/mol. The molecule has 0 spiro atoms. The second-order valence-electron chi connectivity index (χ2n) is 3.40. The predicted octanol–water partition coefficient (Wildman–Crippen LogP) is 0.725. The average Bonchev–Trinajstić information content (AvgIpc) is 2.46. The lowest BCUT2D eigenvalue weighted by Gasteiger charge is -2.15. The second kappa shape index (κ2) is 5.34. The molecule has 0 unspecified atom stereocenters. The Balaban J connectivity index is 2.47. The SMILES string of the molecule is CNCCN(C)Cc1ncc(Cl)n1C. The van der Waals surface area contributed by atoms with Crippen LogP contribution in [0.25, 0.3) is 0 Å². The Morgan fingerprint density at radius 2 is 2.36 bits per heavy atom. The molecule has 0 aromatic carbocycles. The number of hydrogen-bond acceptors (Lipinski definition) is 3. The number of likely N-dealkylation sites (N-methyl/N-ethyl adjacent to an activating group) is 2. The van der Waals surface area contributed by atoms with E-state index in [2.05, 4.69) is 22.2 Å². The summed E-state index contributed by atoms with van der Waals surface area (Å²) >= 11 is 5.89. The molecule has 4 nitrogen and oxygen atoms in total. The number of nitrogens with zero attached hydrogens (tertiary/aromatic N) is 3. The van der Waals surface area contributed by atoms with Crippen LogP contribution in [0.3, 0.4) is 0 Å². The molecule has 0 aliphatic rings. The quantitative estimate of drug-likeness (QED) is 0.788. The van der Waals surface area contributed by atoms with E-state index in [0.29, 0.717) is 5.15 Å². The van der Waals surface area contributed by atoms with E-state index in [-0.39, 0.29) is 0 Å². The molecule has 0 radical (unpaired) electrons. The van der Waals surface area contributed by atoms with Crippen LogP contribution in [0.1, 0.15) is 5.82 Å². The molecule has 0 aliphatic heterocycles. The van der Waals surface area contributed by atoms with E-state index < -0.39 is 0 Å². The van der Waals surface area contributed by atoms with Crippen LogP contribution in [0.15, 0.2) is 6.20 Å². The molecule has 1 N–H and O–H groups in total. The molecule has 1 rings (SSSR count). The van der Waals surface area contributed by atoms with Gasteiger partial charge in [-0.05, 0) is 14.1 Å². The Hall–Kier alpha value is -0.580. The Labute approximate surface area is 89.9 Å². The number of nitrogens with one attached hydrogen (secondary N) is 1. The van der Waals surface area contributed by atoms with Gasteiger partial charge >= 0.3 is 0 Å². The molecule has 1 aromatic rings. The highest BCUT2D eigenvalue weighted by molar-refractivity contribution is 6.29. The number of hydrogen-bond donors (Lipinski definition) is 1. The molecule has 14 heavy (non-hydrogen) atoms. The fraction of sp³-hybridized carbons (Fsp3) is 0.667. The standard InChI is InChI=1S/C9H17ClN4/c1-11-4-5-13(2)7-9-12-6-8(10)14(9)3/h6,11H,4-5,7H2,1-3H3. The van der Waals surface area contributed by atoms with Gasteiger partial charge in [0, 0.05) is 20.1 Å². The first-order valence-corrected chi connectivity index (χ1v) is 5.02. The van der Waals surface area contributed by atoms with Gasteiger partial charge in [0.05, 0.1) is 12.7 Å². The largest absolute Gasteiger partial charge is 0.321 e. The maximum absolute atomic E-state index is 5.89. The summed E-state index contributed by atoms with van der Waals surface area (Å²) in [6.07, 6.45) is 1.68. The predicted molar refractivity (Wildman–Crippen MR) is 58.5 cm³/mol. The van der Waals surface area contributed by atoms with Crippen LogP contribution in [0.2, 0.25) is 5.15 Å². The Kier molecular flexibility index (Phi) is 4.38. The molecule has 0 saturated heterocycles. The van der Waals surface area contributed by atoms with Crippen LogP contribution in [0.5, 0.6) is 0 Å². The zero-order valence-corrected chi connectivity index (χ0v) is 9.67. The van der Waals surface area contributed by atoms with Crippen LogP contribution in [0.4, 0.5) is 0 Å². The summed E-state index contributed by atoms with van der Waals surface area (Å²) in [6.45, 7) is 2.81. The van der Waals surface area contributed by atoms with Crippen molar-refractivity contribution in [2.45, 2.75) is 6.54 Å². The van der Waals surface area contributed by atoms with Gasteiger partial charge < -0.3 is 9.88 Å². The van der Waals surface area contributed by atoms with E-state index >= 15 is 0 Å². The molecule has 0 fully saturated rings. The smallest absolute Gasteiger partial charge is 0.128 e. The Morgan fingerprint density at radius 1 is 1.64 bits per heavy atom. The highest BCUT2D eigenvalue weighted by Crippen LogP contribution is 2.09. The Bertz CT molecular complexity index is 284. The molecular weight excluding hydrogens is 200 g/mol. The number of imidazole rings is 1. The molecule has 0 aliphatic carbocycles. The number of rotatable bonds is 5. The lowest BCUT2D eigenvalue weighted by atomic mass is 10.5. The van der Waals surface area contributed by atoms with Gasteiger partial charge in [0.1, 0.15) is 11.0 Å². The molecule has 5 heteroatoms. The molecule has 1 heterocycles. The van der Waals surface area contributed by atoms with Crippen LogP contribution < -0.4 is 5.32 Å². The van der Waals surface area contributed by atoms with E-state index in [1.54, 1.807) is 6.20 Å². The van der Waals surface area contributed by atoms with E-state index in [0.717, 1.165) is 25.5 Å². The van der Waals surface area contributed by atoms with E-state index in [1.807, 2.05) is 18.7 Å². The topological polar surface area (TPSA) is 33.1 Å². The third kappa shape index (κ3) is 2.97. The van der Waals surface area contributed by atoms with Crippen molar-refractivity contribution in [2.75, 3.05) is 27.2 Å². The lowest BCUT2D eigenvalue weighted by Crippen LogP contribution is -2.27. The summed E-state index contributed by atoms with van der Waals surface area (Å²) in [6, 6.07) is 0. The van der Waals surface area contributed by atoms with Crippen molar-refractivity contribution in [1.82, 2.24) is 19.8 Å². The van der Waals surface area contributed by atoms with Crippen LogP contribution in [0, 0.1) is 0 Å². The van der Waals surface area contributed by atoms with Gasteiger partial charge in [0.15, 0.2) is 0 Å². The van der Waals surface area contributed by atoms with E-state index in [1.165, 1.54) is 0 Å². The zero-order valence-electron chi connectivity index (χ0n) is 8.92. The van der Waals surface area contributed by atoms with Crippen LogP contribution in [-0.4, -0.2) is 41.6 Å². The first-order chi connectivity index (χ1) is 6.65. The minimum absolute atomic E-state index is 0.682. The van der Waals surface area contributed by atoms with Gasteiger partial charge in [-0.1, -0.05) is 11.6 Å². The molecule has 0 amide bonds. The van der Waals surface area contributed by atoms with Crippen LogP contribution >= 0.6 is 11.6 Å². The molecule has 80 valence electrons. The fourth-order valence-electron chi connectivity index (χ4n) is 1.19. The van der Waals surface area contributed by atoms with Gasteiger partial charge in [0.2, 0.25) is 0 Å². The first kappa shape index (κ1) is 11.5. The first-order valence-electron chi connectivity index (χ1n) is 4.64. The van der Waals surface area contributed by atoms with Crippen molar-refractivity contribution >= 4 is 11.6 Å². The molecular formula is C9H17ClN4. The summed E-state index contributed by atoms with van der Waals surface area (Å²) in [4.78, 5) is 6.44. The molecule has 0 bridgehead atoms. The van der Waals surface area contributed by atoms with Crippen molar-refractivity contribution in [3.63, 3.8) is 0 Å². The summed E-state index contributed by atoms with van der Waals surface area (Å²) in [7, 11) is 5.95. The molecule has 0 atom stereocenters. The van der Waals surface area contributed by atoms with Crippen LogP contribution in [-0.2, 0) is 13.6 Å². The van der Waals surface area contributed by atoms with Crippen molar-refractivity contribution in [3.8, 4) is 0 Å². The summed E-state index contributed by atoms with van der Waals surface area (Å²) in [5, 5.41) is 3.79. The molecule has 1 aromatic heterocycles. The zero-order chi connectivity index (χ0) is 10.6. The fourth-order valence-corrected chi connectivity index (χ4v) is 1.34. The minimum atomic E-state index is 0.682. The van der Waals surface area contributed by atoms with E-state index in [4.69, 9.17) is 11.6 Å². The Morgan fingerprint density at radius 3 is 2.86 bits per heavy atom. The highest BCUT2D eigenvalue weighted by atomic mass is 35.5. The summed E-state index contributed by atoms with van der Waals surface area (Å²) in [5.74, 6) is 0.994. The maximum atomic E-state index is 5.89. The highest BCUT2D eigenvalue weighted by Gasteiger charge is 2.06. The van der Waals surface area contributed by atoms with Crippen molar-refractivity contribution in [2.24, 2.45) is 7.05 Å². The lowest BCUT2D eigenvalue weighted by molar-refractivity contribution is 0.316. The summed E-state index contributed by atoms with van der Waals surface area (Å²) < 4.78 is 1.90. The van der Waals surface area contributed by atoms with Gasteiger partial charge in [-0.2, -0.15) is 0 Å². The van der Waals surface area contributed by atoms with Gasteiger partial charge in [-0.25, -0.2) is 4.98 Å². The van der Waals surface area contributed by atoms with Gasteiger partial charge in [-0.3, -0.25) is 4.90 Å². The normalized spacial score (nSPS) is 11.2. The monoisotopic (exact) mass is 216 g/mol. The van der Waals surface area contributed by atoms with Gasteiger partial charge in [0.25, 0.3) is 0 Å². The van der Waals surface area contributed by atoms with Crippen molar-refractivity contribution in [3.05, 3.63) is 17.2 Å². The number of aromatic nitrogens is 2. The minimum Gasteiger partial charge on any atom is -0.321 e. The van der Waals surface area contributed by atoms with E-state index in [9.17, 15) is 0 Å². The second-order valence-corrected chi connectivity index (χ2v) is 3.78. The molecule has 0 saturated carbocycles. The van der Waals surface area contributed by atoms with Gasteiger partial charge in [-0.15, -0.1) is 0 Å².